The van der Waals surface area contributed by atoms with Crippen LogP contribution in [0.3, 0.4) is 0 Å². The van der Waals surface area contributed by atoms with Crippen molar-refractivity contribution in [3.63, 3.8) is 0 Å². The maximum atomic E-state index is 13.6. The number of nitrogens with one attached hydrogen (secondary N) is 2. The minimum atomic E-state index is -4.10. The number of nitrogens with zero attached hydrogens (tertiary/aromatic N) is 1. The standard InChI is InChI=1S/C30H29N3O5S/c1-2-21-31-30(35)27-15-9-10-16-28(27)32-29(34)22-33(39(36,37)26-13-7-4-8-14-26)23-17-19-25(20-18-23)38-24-11-5-3-6-12-24/h3-20H,2,21-22H2,1H3,(H,31,35)(H,32,34). The lowest BCUT2D eigenvalue weighted by molar-refractivity contribution is -0.114. The van der Waals surface area contributed by atoms with Gasteiger partial charge in [0.2, 0.25) is 5.91 Å². The Labute approximate surface area is 228 Å². The third-order valence-electron chi connectivity index (χ3n) is 5.70. The second kappa shape index (κ2) is 12.7. The van der Waals surface area contributed by atoms with E-state index in [1.165, 1.54) is 12.1 Å². The van der Waals surface area contributed by atoms with E-state index in [0.717, 1.165) is 10.7 Å². The molecule has 4 aromatic carbocycles. The summed E-state index contributed by atoms with van der Waals surface area (Å²) in [5.41, 5.74) is 0.863. The van der Waals surface area contributed by atoms with E-state index in [-0.39, 0.29) is 16.5 Å². The van der Waals surface area contributed by atoms with Crippen LogP contribution in [0.4, 0.5) is 11.4 Å². The predicted molar refractivity (Wildman–Crippen MR) is 152 cm³/mol. The van der Waals surface area contributed by atoms with Crippen LogP contribution < -0.4 is 19.7 Å². The molecule has 0 unspecified atom stereocenters. The number of para-hydroxylation sites is 2. The molecule has 0 aliphatic carbocycles. The molecule has 0 saturated carbocycles. The number of carbonyl (C=O) groups is 2. The molecule has 0 aliphatic rings. The van der Waals surface area contributed by atoms with Gasteiger partial charge in [0.25, 0.3) is 15.9 Å². The van der Waals surface area contributed by atoms with E-state index in [1.54, 1.807) is 66.7 Å². The molecule has 200 valence electrons. The van der Waals surface area contributed by atoms with Crippen LogP contribution >= 0.6 is 0 Å². The molecule has 9 heteroatoms. The number of hydrogen-bond donors (Lipinski definition) is 2. The molecular formula is C30H29N3O5S. The summed E-state index contributed by atoms with van der Waals surface area (Å²) in [5, 5.41) is 5.49. The number of carbonyl (C=O) groups excluding carboxylic acids is 2. The highest BCUT2D eigenvalue weighted by molar-refractivity contribution is 7.92. The van der Waals surface area contributed by atoms with E-state index in [9.17, 15) is 18.0 Å². The van der Waals surface area contributed by atoms with Crippen molar-refractivity contribution < 1.29 is 22.7 Å². The molecule has 4 aromatic rings. The van der Waals surface area contributed by atoms with E-state index in [0.29, 0.717) is 29.3 Å². The molecule has 2 N–H and O–H groups in total. The van der Waals surface area contributed by atoms with Crippen molar-refractivity contribution in [2.75, 3.05) is 22.7 Å². The maximum Gasteiger partial charge on any atom is 0.264 e. The van der Waals surface area contributed by atoms with Gasteiger partial charge in [-0.2, -0.15) is 0 Å². The average Bonchev–Trinajstić information content (AvgIpc) is 2.96. The lowest BCUT2D eigenvalue weighted by atomic mass is 10.1. The molecule has 0 atom stereocenters. The third-order valence-corrected chi connectivity index (χ3v) is 7.49. The fraction of sp³-hybridized carbons (Fsp3) is 0.133. The van der Waals surface area contributed by atoms with E-state index >= 15 is 0 Å². The highest BCUT2D eigenvalue weighted by Crippen LogP contribution is 2.28. The smallest absolute Gasteiger partial charge is 0.264 e. The molecule has 8 nitrogen and oxygen atoms in total. The normalized spacial score (nSPS) is 10.9. The summed E-state index contributed by atoms with van der Waals surface area (Å²) in [6.45, 7) is 1.92. The molecule has 0 heterocycles. The van der Waals surface area contributed by atoms with E-state index in [4.69, 9.17) is 4.74 Å². The Morgan fingerprint density at radius 3 is 2.03 bits per heavy atom. The first-order valence-corrected chi connectivity index (χ1v) is 13.9. The molecule has 0 aromatic heterocycles. The van der Waals surface area contributed by atoms with Crippen molar-refractivity contribution in [3.05, 3.63) is 115 Å². The summed E-state index contributed by atoms with van der Waals surface area (Å²) < 4.78 is 34.1. The maximum absolute atomic E-state index is 13.6. The second-order valence-corrected chi connectivity index (χ2v) is 10.4. The minimum absolute atomic E-state index is 0.0433. The summed E-state index contributed by atoms with van der Waals surface area (Å²) in [4.78, 5) is 25.8. The van der Waals surface area contributed by atoms with Crippen molar-refractivity contribution in [2.24, 2.45) is 0 Å². The van der Waals surface area contributed by atoms with Crippen molar-refractivity contribution >= 4 is 33.2 Å². The number of amides is 2. The summed E-state index contributed by atoms with van der Waals surface area (Å²) in [6, 6.07) is 30.1. The molecule has 0 radical (unpaired) electrons. The summed E-state index contributed by atoms with van der Waals surface area (Å²) in [7, 11) is -4.10. The van der Waals surface area contributed by atoms with Crippen molar-refractivity contribution in [1.29, 1.82) is 0 Å². The summed E-state index contributed by atoms with van der Waals surface area (Å²) in [5.74, 6) is 0.226. The van der Waals surface area contributed by atoms with E-state index < -0.39 is 22.5 Å². The Bertz CT molecular complexity index is 1510. The topological polar surface area (TPSA) is 105 Å². The Balaban J connectivity index is 1.60. The molecule has 4 rings (SSSR count). The van der Waals surface area contributed by atoms with Gasteiger partial charge in [0, 0.05) is 6.54 Å². The highest BCUT2D eigenvalue weighted by Gasteiger charge is 2.27. The van der Waals surface area contributed by atoms with Gasteiger partial charge in [0.05, 0.1) is 21.8 Å². The zero-order valence-corrected chi connectivity index (χ0v) is 22.2. The molecule has 0 aliphatic heterocycles. The van der Waals surface area contributed by atoms with Crippen LogP contribution in [0.25, 0.3) is 0 Å². The summed E-state index contributed by atoms with van der Waals surface area (Å²) >= 11 is 0. The number of hydrogen-bond acceptors (Lipinski definition) is 5. The van der Waals surface area contributed by atoms with E-state index in [2.05, 4.69) is 10.6 Å². The van der Waals surface area contributed by atoms with Crippen LogP contribution in [0.2, 0.25) is 0 Å². The highest BCUT2D eigenvalue weighted by atomic mass is 32.2. The number of ether oxygens (including phenoxy) is 1. The predicted octanol–water partition coefficient (Wildman–Crippen LogP) is 5.45. The Kier molecular flexibility index (Phi) is 8.96. The first-order chi connectivity index (χ1) is 18.9. The van der Waals surface area contributed by atoms with Gasteiger partial charge in [-0.25, -0.2) is 8.42 Å². The van der Waals surface area contributed by atoms with Gasteiger partial charge in [0.15, 0.2) is 0 Å². The van der Waals surface area contributed by atoms with Gasteiger partial charge in [-0.05, 0) is 67.1 Å². The van der Waals surface area contributed by atoms with Crippen LogP contribution in [0.1, 0.15) is 23.7 Å². The lowest BCUT2D eigenvalue weighted by Crippen LogP contribution is -2.38. The van der Waals surface area contributed by atoms with Crippen molar-refractivity contribution in [1.82, 2.24) is 5.32 Å². The van der Waals surface area contributed by atoms with Gasteiger partial charge in [-0.3, -0.25) is 13.9 Å². The number of rotatable bonds is 11. The third kappa shape index (κ3) is 7.03. The number of anilines is 2. The van der Waals surface area contributed by atoms with Crippen LogP contribution in [0.5, 0.6) is 11.5 Å². The SMILES string of the molecule is CCCNC(=O)c1ccccc1NC(=O)CN(c1ccc(Oc2ccccc2)cc1)S(=O)(=O)c1ccccc1. The Morgan fingerprint density at radius 1 is 0.769 bits per heavy atom. The quantitative estimate of drug-likeness (QED) is 0.262. The van der Waals surface area contributed by atoms with Gasteiger partial charge < -0.3 is 15.4 Å². The molecular weight excluding hydrogens is 514 g/mol. The van der Waals surface area contributed by atoms with E-state index in [1.807, 2.05) is 37.3 Å². The second-order valence-electron chi connectivity index (χ2n) is 8.58. The van der Waals surface area contributed by atoms with Crippen molar-refractivity contribution in [2.45, 2.75) is 18.2 Å². The van der Waals surface area contributed by atoms with Crippen LogP contribution in [-0.4, -0.2) is 33.3 Å². The minimum Gasteiger partial charge on any atom is -0.457 e. The molecule has 0 spiro atoms. The largest absolute Gasteiger partial charge is 0.457 e. The fourth-order valence-electron chi connectivity index (χ4n) is 3.78. The molecule has 2 amide bonds. The van der Waals surface area contributed by atoms with Gasteiger partial charge in [0.1, 0.15) is 18.0 Å². The van der Waals surface area contributed by atoms with Gasteiger partial charge >= 0.3 is 0 Å². The molecule has 0 saturated heterocycles. The average molecular weight is 544 g/mol. The zero-order chi connectivity index (χ0) is 27.7. The molecule has 0 bridgehead atoms. The Morgan fingerprint density at radius 2 is 1.36 bits per heavy atom. The Hall–Kier alpha value is -4.63. The first kappa shape index (κ1) is 27.4. The number of sulfonamides is 1. The molecule has 0 fully saturated rings. The fourth-order valence-corrected chi connectivity index (χ4v) is 5.23. The van der Waals surface area contributed by atoms with Gasteiger partial charge in [-0.1, -0.05) is 55.5 Å². The van der Waals surface area contributed by atoms with Gasteiger partial charge in [-0.15, -0.1) is 0 Å². The zero-order valence-electron chi connectivity index (χ0n) is 21.4. The lowest BCUT2D eigenvalue weighted by Gasteiger charge is -2.24. The first-order valence-electron chi connectivity index (χ1n) is 12.5. The monoisotopic (exact) mass is 543 g/mol. The van der Waals surface area contributed by atoms with Crippen LogP contribution in [0, 0.1) is 0 Å². The van der Waals surface area contributed by atoms with Crippen LogP contribution in [0.15, 0.2) is 114 Å². The molecule has 39 heavy (non-hydrogen) atoms. The number of benzene rings is 4. The van der Waals surface area contributed by atoms with Crippen LogP contribution in [-0.2, 0) is 14.8 Å². The van der Waals surface area contributed by atoms with Crippen molar-refractivity contribution in [3.8, 4) is 11.5 Å². The summed E-state index contributed by atoms with van der Waals surface area (Å²) in [6.07, 6.45) is 0.766.